The quantitative estimate of drug-likeness (QED) is 0.831. The fourth-order valence-electron chi connectivity index (χ4n) is 2.76. The second-order valence-electron chi connectivity index (χ2n) is 5.33. The van der Waals surface area contributed by atoms with Crippen LogP contribution in [0.25, 0.3) is 0 Å². The summed E-state index contributed by atoms with van der Waals surface area (Å²) in [6.45, 7) is 8.66. The van der Waals surface area contributed by atoms with Gasteiger partial charge in [0.05, 0.1) is 0 Å². The highest BCUT2D eigenvalue weighted by Crippen LogP contribution is 2.27. The summed E-state index contributed by atoms with van der Waals surface area (Å²) in [5, 5.41) is 3.24. The average molecular weight is 280 g/mol. The van der Waals surface area contributed by atoms with Crippen LogP contribution in [0.4, 0.5) is 4.39 Å². The monoisotopic (exact) mass is 280 g/mol. The predicted molar refractivity (Wildman–Crippen MR) is 79.7 cm³/mol. The molecule has 20 heavy (non-hydrogen) atoms. The maximum absolute atomic E-state index is 14.0. The molecule has 0 saturated carbocycles. The largest absolute Gasteiger partial charge is 0.492 e. The first-order chi connectivity index (χ1) is 9.72. The molecule has 0 radical (unpaired) electrons. The van der Waals surface area contributed by atoms with Crippen LogP contribution in [-0.4, -0.2) is 37.7 Å². The molecule has 1 aliphatic rings. The molecule has 3 nitrogen and oxygen atoms in total. The van der Waals surface area contributed by atoms with Gasteiger partial charge < -0.3 is 10.1 Å². The number of benzene rings is 1. The van der Waals surface area contributed by atoms with E-state index in [1.54, 1.807) is 6.07 Å². The van der Waals surface area contributed by atoms with Crippen molar-refractivity contribution in [3.63, 3.8) is 0 Å². The molecule has 112 valence electrons. The Hall–Kier alpha value is -1.13. The zero-order chi connectivity index (χ0) is 14.4. The Kier molecular flexibility index (Phi) is 5.80. The maximum atomic E-state index is 14.0. The molecule has 0 bridgehead atoms. The first-order valence-corrected chi connectivity index (χ1v) is 7.59. The van der Waals surface area contributed by atoms with Crippen LogP contribution in [-0.2, 0) is 0 Å². The van der Waals surface area contributed by atoms with E-state index in [0.29, 0.717) is 17.9 Å². The van der Waals surface area contributed by atoms with Gasteiger partial charge >= 0.3 is 0 Å². The lowest BCUT2D eigenvalue weighted by molar-refractivity contribution is 0.234. The van der Waals surface area contributed by atoms with Crippen molar-refractivity contribution in [3.05, 3.63) is 29.6 Å². The molecule has 1 aromatic carbocycles. The van der Waals surface area contributed by atoms with E-state index < -0.39 is 0 Å². The molecule has 4 heteroatoms. The predicted octanol–water partition coefficient (Wildman–Crippen LogP) is 2.97. The molecule has 0 aromatic heterocycles. The van der Waals surface area contributed by atoms with Crippen LogP contribution in [0.5, 0.6) is 5.75 Å². The van der Waals surface area contributed by atoms with E-state index in [-0.39, 0.29) is 11.9 Å². The number of nitrogens with one attached hydrogen (secondary N) is 1. The summed E-state index contributed by atoms with van der Waals surface area (Å²) in [6, 6.07) is 5.03. The minimum Gasteiger partial charge on any atom is -0.492 e. The van der Waals surface area contributed by atoms with Gasteiger partial charge in [0, 0.05) is 18.2 Å². The molecular weight excluding hydrogens is 255 g/mol. The van der Waals surface area contributed by atoms with Crippen molar-refractivity contribution in [2.45, 2.75) is 32.7 Å². The van der Waals surface area contributed by atoms with Crippen molar-refractivity contribution in [2.24, 2.45) is 0 Å². The minimum atomic E-state index is -0.197. The summed E-state index contributed by atoms with van der Waals surface area (Å²) < 4.78 is 19.8. The van der Waals surface area contributed by atoms with Gasteiger partial charge in [0.25, 0.3) is 0 Å². The number of rotatable bonds is 7. The van der Waals surface area contributed by atoms with Crippen molar-refractivity contribution in [2.75, 3.05) is 32.8 Å². The number of nitrogens with zero attached hydrogens (tertiary/aromatic N) is 1. The van der Waals surface area contributed by atoms with Crippen LogP contribution in [0, 0.1) is 5.82 Å². The lowest BCUT2D eigenvalue weighted by atomic mass is 10.1. The fraction of sp³-hybridized carbons (Fsp3) is 0.625. The van der Waals surface area contributed by atoms with E-state index in [4.69, 9.17) is 4.74 Å². The molecule has 0 aliphatic carbocycles. The summed E-state index contributed by atoms with van der Waals surface area (Å²) >= 11 is 0. The van der Waals surface area contributed by atoms with Crippen LogP contribution >= 0.6 is 0 Å². The lowest BCUT2D eigenvalue weighted by Crippen LogP contribution is -2.26. The Morgan fingerprint density at radius 1 is 1.35 bits per heavy atom. The molecule has 0 spiro atoms. The van der Waals surface area contributed by atoms with Gasteiger partial charge in [0.1, 0.15) is 18.2 Å². The maximum Gasteiger partial charge on any atom is 0.131 e. The Morgan fingerprint density at radius 2 is 2.10 bits per heavy atom. The van der Waals surface area contributed by atoms with Gasteiger partial charge in [0.2, 0.25) is 0 Å². The van der Waals surface area contributed by atoms with Gasteiger partial charge in [-0.25, -0.2) is 4.39 Å². The molecular formula is C16H25FN2O. The molecule has 1 N–H and O–H groups in total. The van der Waals surface area contributed by atoms with E-state index in [9.17, 15) is 4.39 Å². The minimum absolute atomic E-state index is 0.0389. The topological polar surface area (TPSA) is 24.5 Å². The number of ether oxygens (including phenoxy) is 1. The zero-order valence-electron chi connectivity index (χ0n) is 12.5. The van der Waals surface area contributed by atoms with E-state index in [0.717, 1.165) is 26.2 Å². The zero-order valence-corrected chi connectivity index (χ0v) is 12.5. The summed E-state index contributed by atoms with van der Waals surface area (Å²) in [5.41, 5.74) is 0.635. The van der Waals surface area contributed by atoms with Crippen molar-refractivity contribution in [1.29, 1.82) is 0 Å². The molecule has 1 fully saturated rings. The molecule has 1 aromatic rings. The fourth-order valence-corrected chi connectivity index (χ4v) is 2.76. The highest BCUT2D eigenvalue weighted by molar-refractivity contribution is 5.37. The van der Waals surface area contributed by atoms with E-state index in [2.05, 4.69) is 10.2 Å². The van der Waals surface area contributed by atoms with Crippen molar-refractivity contribution >= 4 is 0 Å². The van der Waals surface area contributed by atoms with Crippen molar-refractivity contribution in [3.8, 4) is 5.75 Å². The molecule has 1 atom stereocenters. The Bertz CT molecular complexity index is 419. The summed E-state index contributed by atoms with van der Waals surface area (Å²) in [4.78, 5) is 2.40. The van der Waals surface area contributed by atoms with Crippen LogP contribution in [0.3, 0.4) is 0 Å². The third-order valence-electron chi connectivity index (χ3n) is 3.82. The first kappa shape index (κ1) is 15.3. The van der Waals surface area contributed by atoms with Gasteiger partial charge in [-0.05, 0) is 51.5 Å². The standard InChI is InChI=1S/C16H25FN2O/c1-3-18-13(2)16-14(17)7-6-8-15(16)20-12-11-19-9-4-5-10-19/h6-8,13,18H,3-5,9-12H2,1-2H3. The highest BCUT2D eigenvalue weighted by Gasteiger charge is 2.17. The Morgan fingerprint density at radius 3 is 2.80 bits per heavy atom. The van der Waals surface area contributed by atoms with Crippen LogP contribution in [0.2, 0.25) is 0 Å². The van der Waals surface area contributed by atoms with Crippen LogP contribution in [0.1, 0.15) is 38.3 Å². The van der Waals surface area contributed by atoms with Gasteiger partial charge in [-0.3, -0.25) is 4.90 Å². The highest BCUT2D eigenvalue weighted by atomic mass is 19.1. The van der Waals surface area contributed by atoms with E-state index >= 15 is 0 Å². The van der Waals surface area contributed by atoms with Crippen LogP contribution in [0.15, 0.2) is 18.2 Å². The number of halogens is 1. The summed E-state index contributed by atoms with van der Waals surface area (Å²) in [7, 11) is 0. The van der Waals surface area contributed by atoms with Gasteiger partial charge in [-0.2, -0.15) is 0 Å². The van der Waals surface area contributed by atoms with E-state index in [1.165, 1.54) is 18.9 Å². The number of likely N-dealkylation sites (tertiary alicyclic amines) is 1. The SMILES string of the molecule is CCNC(C)c1c(F)cccc1OCCN1CCCC1. The summed E-state index contributed by atoms with van der Waals surface area (Å²) in [5.74, 6) is 0.467. The smallest absolute Gasteiger partial charge is 0.131 e. The Labute approximate surface area is 121 Å². The van der Waals surface area contributed by atoms with Gasteiger partial charge in [-0.15, -0.1) is 0 Å². The number of hydrogen-bond acceptors (Lipinski definition) is 3. The molecule has 1 saturated heterocycles. The van der Waals surface area contributed by atoms with Crippen molar-refractivity contribution in [1.82, 2.24) is 10.2 Å². The molecule has 2 rings (SSSR count). The van der Waals surface area contributed by atoms with Crippen molar-refractivity contribution < 1.29 is 9.13 Å². The Balaban J connectivity index is 1.97. The molecule has 0 amide bonds. The molecule has 1 heterocycles. The normalized spacial score (nSPS) is 17.4. The van der Waals surface area contributed by atoms with Gasteiger partial charge in [0.15, 0.2) is 0 Å². The third-order valence-corrected chi connectivity index (χ3v) is 3.82. The number of hydrogen-bond donors (Lipinski definition) is 1. The first-order valence-electron chi connectivity index (χ1n) is 7.59. The molecule has 1 unspecified atom stereocenters. The lowest BCUT2D eigenvalue weighted by Gasteiger charge is -2.20. The second kappa shape index (κ2) is 7.60. The summed E-state index contributed by atoms with van der Waals surface area (Å²) in [6.07, 6.45) is 2.56. The third kappa shape index (κ3) is 3.93. The molecule has 1 aliphatic heterocycles. The van der Waals surface area contributed by atoms with Crippen LogP contribution < -0.4 is 10.1 Å². The second-order valence-corrected chi connectivity index (χ2v) is 5.33. The van der Waals surface area contributed by atoms with Gasteiger partial charge in [-0.1, -0.05) is 13.0 Å². The van der Waals surface area contributed by atoms with E-state index in [1.807, 2.05) is 19.9 Å². The average Bonchev–Trinajstić information content (AvgIpc) is 2.92.